The Kier molecular flexibility index (Phi) is 8.49. The van der Waals surface area contributed by atoms with Gasteiger partial charge in [-0.3, -0.25) is 14.6 Å². The Labute approximate surface area is 206 Å². The zero-order chi connectivity index (χ0) is 21.6. The van der Waals surface area contributed by atoms with Gasteiger partial charge in [0.1, 0.15) is 0 Å². The maximum absolute atomic E-state index is 12.5. The number of nitrogens with zero attached hydrogens (tertiary/aromatic N) is 2. The van der Waals surface area contributed by atoms with Crippen molar-refractivity contribution in [1.29, 1.82) is 0 Å². The van der Waals surface area contributed by atoms with E-state index in [2.05, 4.69) is 39.1 Å². The number of anilines is 1. The van der Waals surface area contributed by atoms with Crippen molar-refractivity contribution in [1.82, 2.24) is 15.5 Å². The van der Waals surface area contributed by atoms with Gasteiger partial charge < -0.3 is 20.9 Å². The number of amides is 2. The molecule has 2 aliphatic rings. The van der Waals surface area contributed by atoms with Gasteiger partial charge in [-0.15, -0.1) is 24.0 Å². The normalized spacial score (nSPS) is 17.0. The van der Waals surface area contributed by atoms with E-state index in [0.717, 1.165) is 17.7 Å². The number of aliphatic imine (C=N–C) groups is 1. The van der Waals surface area contributed by atoms with Crippen LogP contribution in [0.3, 0.4) is 0 Å². The van der Waals surface area contributed by atoms with Crippen LogP contribution in [0, 0.1) is 0 Å². The Hall–Kier alpha value is -2.62. The fourth-order valence-corrected chi connectivity index (χ4v) is 4.24. The summed E-state index contributed by atoms with van der Waals surface area (Å²) in [4.78, 5) is 30.7. The summed E-state index contributed by atoms with van der Waals surface area (Å²) < 4.78 is 0. The minimum Gasteiger partial charge on any atom is -0.356 e. The number of hydrogen-bond donors (Lipinski definition) is 3. The lowest BCUT2D eigenvalue weighted by Gasteiger charge is -2.26. The molecule has 0 spiro atoms. The second-order valence-corrected chi connectivity index (χ2v) is 8.04. The topological polar surface area (TPSA) is 85.8 Å². The van der Waals surface area contributed by atoms with Gasteiger partial charge in [0.25, 0.3) is 0 Å². The lowest BCUT2D eigenvalue weighted by Crippen LogP contribution is -2.41. The molecule has 2 aromatic carbocycles. The molecule has 2 aliphatic heterocycles. The fourth-order valence-electron chi connectivity index (χ4n) is 4.24. The van der Waals surface area contributed by atoms with Crippen LogP contribution in [0.4, 0.5) is 5.69 Å². The highest BCUT2D eigenvalue weighted by Gasteiger charge is 2.25. The third-order valence-electron chi connectivity index (χ3n) is 5.90. The molecular weight excluding hydrogens is 517 g/mol. The van der Waals surface area contributed by atoms with Gasteiger partial charge in [0, 0.05) is 57.7 Å². The van der Waals surface area contributed by atoms with Gasteiger partial charge in [-0.2, -0.15) is 0 Å². The van der Waals surface area contributed by atoms with E-state index in [1.54, 1.807) is 7.05 Å². The number of fused-ring (bicyclic) bond motifs is 2. The quantitative estimate of drug-likeness (QED) is 0.225. The first kappa shape index (κ1) is 24.0. The summed E-state index contributed by atoms with van der Waals surface area (Å²) >= 11 is 0. The predicted molar refractivity (Wildman–Crippen MR) is 137 cm³/mol. The molecule has 0 bridgehead atoms. The monoisotopic (exact) mass is 547 g/mol. The van der Waals surface area contributed by atoms with E-state index in [1.807, 2.05) is 35.2 Å². The molecule has 2 aromatic rings. The van der Waals surface area contributed by atoms with Crippen molar-refractivity contribution in [2.24, 2.45) is 4.99 Å². The van der Waals surface area contributed by atoms with Gasteiger partial charge >= 0.3 is 0 Å². The molecule has 0 aromatic heterocycles. The van der Waals surface area contributed by atoms with E-state index in [-0.39, 0.29) is 41.7 Å². The average molecular weight is 547 g/mol. The van der Waals surface area contributed by atoms with Crippen LogP contribution in [0.1, 0.15) is 41.9 Å². The van der Waals surface area contributed by atoms with E-state index in [9.17, 15) is 9.59 Å². The van der Waals surface area contributed by atoms with Gasteiger partial charge in [0.15, 0.2) is 5.96 Å². The van der Waals surface area contributed by atoms with Crippen molar-refractivity contribution in [2.75, 3.05) is 25.5 Å². The Morgan fingerprint density at radius 1 is 1.09 bits per heavy atom. The standard InChI is InChI=1S/C24H29N5O2.HI/c1-25-24(27-14-19-13-22(30)28-21-10-5-4-9-20(19)21)26-12-6-11-23(31)29-15-17-7-2-3-8-18(17)16-29;/h2-5,7-10,19H,6,11-16H2,1H3,(H,28,30)(H2,25,26,27);1H. The minimum absolute atomic E-state index is 0. The Bertz CT molecular complexity index is 969. The summed E-state index contributed by atoms with van der Waals surface area (Å²) in [7, 11) is 1.73. The van der Waals surface area contributed by atoms with Gasteiger partial charge in [0.05, 0.1) is 0 Å². The summed E-state index contributed by atoms with van der Waals surface area (Å²) in [5.41, 5.74) is 4.52. The van der Waals surface area contributed by atoms with Crippen molar-refractivity contribution in [3.63, 3.8) is 0 Å². The molecule has 3 N–H and O–H groups in total. The summed E-state index contributed by atoms with van der Waals surface area (Å²) in [6.07, 6.45) is 1.70. The number of carbonyl (C=O) groups is 2. The molecule has 7 nitrogen and oxygen atoms in total. The van der Waals surface area contributed by atoms with Crippen LogP contribution in [-0.2, 0) is 22.7 Å². The highest BCUT2D eigenvalue weighted by atomic mass is 127. The summed E-state index contributed by atoms with van der Waals surface area (Å²) in [6, 6.07) is 16.1. The van der Waals surface area contributed by atoms with E-state index in [0.29, 0.717) is 45.0 Å². The van der Waals surface area contributed by atoms with E-state index < -0.39 is 0 Å². The van der Waals surface area contributed by atoms with Gasteiger partial charge in [-0.25, -0.2) is 0 Å². The first-order valence-corrected chi connectivity index (χ1v) is 10.8. The van der Waals surface area contributed by atoms with Crippen LogP contribution in [0.2, 0.25) is 0 Å². The molecule has 1 unspecified atom stereocenters. The van der Waals surface area contributed by atoms with Crippen molar-refractivity contribution in [3.05, 3.63) is 65.2 Å². The van der Waals surface area contributed by atoms with Gasteiger partial charge in [-0.05, 0) is 29.2 Å². The third kappa shape index (κ3) is 5.79. The summed E-state index contributed by atoms with van der Waals surface area (Å²) in [5, 5.41) is 9.52. The fraction of sp³-hybridized carbons (Fsp3) is 0.375. The SMILES string of the molecule is CN=C(NCCCC(=O)N1Cc2ccccc2C1)NCC1CC(=O)Nc2ccccc21.I. The predicted octanol–water partition coefficient (Wildman–Crippen LogP) is 3.22. The number of benzene rings is 2. The maximum Gasteiger partial charge on any atom is 0.225 e. The number of guanidine groups is 1. The Morgan fingerprint density at radius 2 is 1.78 bits per heavy atom. The highest BCUT2D eigenvalue weighted by Crippen LogP contribution is 2.31. The summed E-state index contributed by atoms with van der Waals surface area (Å²) in [6.45, 7) is 2.70. The number of halogens is 1. The first-order chi connectivity index (χ1) is 15.1. The largest absolute Gasteiger partial charge is 0.356 e. The first-order valence-electron chi connectivity index (χ1n) is 10.8. The molecule has 0 radical (unpaired) electrons. The molecule has 2 heterocycles. The second kappa shape index (κ2) is 11.3. The molecule has 170 valence electrons. The number of para-hydroxylation sites is 1. The van der Waals surface area contributed by atoms with Crippen LogP contribution in [0.25, 0.3) is 0 Å². The molecule has 1 atom stereocenters. The van der Waals surface area contributed by atoms with Crippen molar-refractivity contribution in [3.8, 4) is 0 Å². The second-order valence-electron chi connectivity index (χ2n) is 8.04. The van der Waals surface area contributed by atoms with E-state index in [1.165, 1.54) is 11.1 Å². The van der Waals surface area contributed by atoms with E-state index >= 15 is 0 Å². The molecule has 4 rings (SSSR count). The van der Waals surface area contributed by atoms with Crippen LogP contribution in [-0.4, -0.2) is 42.8 Å². The Morgan fingerprint density at radius 3 is 2.50 bits per heavy atom. The molecule has 32 heavy (non-hydrogen) atoms. The maximum atomic E-state index is 12.5. The molecule has 0 saturated heterocycles. The summed E-state index contributed by atoms with van der Waals surface area (Å²) in [5.74, 6) is 1.01. The molecule has 2 amide bonds. The molecule has 0 aliphatic carbocycles. The number of nitrogens with one attached hydrogen (secondary N) is 3. The molecular formula is C24H30IN5O2. The van der Waals surface area contributed by atoms with Gasteiger partial charge in [-0.1, -0.05) is 42.5 Å². The molecule has 0 fully saturated rings. The minimum atomic E-state index is 0. The van der Waals surface area contributed by atoms with Crippen molar-refractivity contribution >= 4 is 47.4 Å². The smallest absolute Gasteiger partial charge is 0.225 e. The van der Waals surface area contributed by atoms with Crippen LogP contribution >= 0.6 is 24.0 Å². The zero-order valence-electron chi connectivity index (χ0n) is 18.3. The molecule has 8 heteroatoms. The third-order valence-corrected chi connectivity index (χ3v) is 5.90. The number of carbonyl (C=O) groups excluding carboxylic acids is 2. The van der Waals surface area contributed by atoms with Crippen molar-refractivity contribution in [2.45, 2.75) is 38.3 Å². The average Bonchev–Trinajstić information content (AvgIpc) is 3.22. The van der Waals surface area contributed by atoms with Crippen molar-refractivity contribution < 1.29 is 9.59 Å². The van der Waals surface area contributed by atoms with E-state index in [4.69, 9.17) is 0 Å². The number of rotatable bonds is 6. The van der Waals surface area contributed by atoms with Crippen LogP contribution < -0.4 is 16.0 Å². The molecule has 0 saturated carbocycles. The zero-order valence-corrected chi connectivity index (χ0v) is 20.6. The lowest BCUT2D eigenvalue weighted by molar-refractivity contribution is -0.131. The lowest BCUT2D eigenvalue weighted by atomic mass is 9.90. The van der Waals surface area contributed by atoms with Crippen LogP contribution in [0.5, 0.6) is 0 Å². The Balaban J connectivity index is 0.00000289. The number of hydrogen-bond acceptors (Lipinski definition) is 3. The van der Waals surface area contributed by atoms with Crippen LogP contribution in [0.15, 0.2) is 53.5 Å². The van der Waals surface area contributed by atoms with Gasteiger partial charge in [0.2, 0.25) is 11.8 Å². The highest BCUT2D eigenvalue weighted by molar-refractivity contribution is 14.0.